The van der Waals surface area contributed by atoms with Gasteiger partial charge in [0, 0.05) is 60.1 Å². The Kier molecular flexibility index (Phi) is 4.58. The average Bonchev–Trinajstić information content (AvgIpc) is 3.56. The molecule has 33 heavy (non-hydrogen) atoms. The highest BCUT2D eigenvalue weighted by molar-refractivity contribution is 5.87. The zero-order valence-corrected chi connectivity index (χ0v) is 18.8. The number of aromatic nitrogens is 1. The molecule has 6 rings (SSSR count). The Hall–Kier alpha value is -2.90. The van der Waals surface area contributed by atoms with E-state index in [1.165, 1.54) is 12.8 Å². The van der Waals surface area contributed by atoms with Crippen molar-refractivity contribution in [1.29, 1.82) is 0 Å². The zero-order valence-electron chi connectivity index (χ0n) is 18.8. The summed E-state index contributed by atoms with van der Waals surface area (Å²) in [7, 11) is 1.67. The number of aromatic amines is 1. The predicted molar refractivity (Wildman–Crippen MR) is 126 cm³/mol. The van der Waals surface area contributed by atoms with E-state index in [9.17, 15) is 15.2 Å². The molecule has 1 aromatic heterocycles. The van der Waals surface area contributed by atoms with E-state index < -0.39 is 11.0 Å². The monoisotopic (exact) mass is 447 g/mol. The predicted octanol–water partition coefficient (Wildman–Crippen LogP) is 3.97. The third-order valence-corrected chi connectivity index (χ3v) is 8.20. The molecule has 2 heterocycles. The van der Waals surface area contributed by atoms with Crippen LogP contribution in [0.1, 0.15) is 36.1 Å². The van der Waals surface area contributed by atoms with Crippen LogP contribution in [-0.2, 0) is 18.3 Å². The molecular formula is C26H29N3O4. The van der Waals surface area contributed by atoms with Crippen LogP contribution >= 0.6 is 0 Å². The third kappa shape index (κ3) is 3.25. The van der Waals surface area contributed by atoms with Crippen molar-refractivity contribution in [3.05, 3.63) is 69.4 Å². The van der Waals surface area contributed by atoms with Gasteiger partial charge in [0.1, 0.15) is 5.75 Å². The molecule has 2 unspecified atom stereocenters. The van der Waals surface area contributed by atoms with E-state index in [2.05, 4.69) is 22.0 Å². The SMILES string of the molecule is COc1cccc(C23CCN(CC4CC4)CC2(O)Cc2c([nH]c4ccc([N+](=O)[O-])cc24)C3)c1. The molecule has 3 aromatic rings. The Bertz CT molecular complexity index is 1250. The molecule has 0 bridgehead atoms. The van der Waals surface area contributed by atoms with E-state index in [4.69, 9.17) is 4.74 Å². The normalized spacial score (nSPS) is 27.2. The fourth-order valence-corrected chi connectivity index (χ4v) is 6.27. The van der Waals surface area contributed by atoms with E-state index in [1.807, 2.05) is 12.1 Å². The van der Waals surface area contributed by atoms with Crippen molar-refractivity contribution in [2.75, 3.05) is 26.7 Å². The summed E-state index contributed by atoms with van der Waals surface area (Å²) in [6.45, 7) is 2.61. The van der Waals surface area contributed by atoms with Crippen LogP contribution in [0.15, 0.2) is 42.5 Å². The summed E-state index contributed by atoms with van der Waals surface area (Å²) in [5, 5.41) is 24.7. The first-order chi connectivity index (χ1) is 15.9. The van der Waals surface area contributed by atoms with E-state index >= 15 is 0 Å². The van der Waals surface area contributed by atoms with Crippen LogP contribution in [0.5, 0.6) is 5.75 Å². The molecule has 1 saturated carbocycles. The first kappa shape index (κ1) is 20.7. The largest absolute Gasteiger partial charge is 0.497 e. The molecular weight excluding hydrogens is 418 g/mol. The number of aliphatic hydroxyl groups is 1. The van der Waals surface area contributed by atoms with Gasteiger partial charge in [0.15, 0.2) is 0 Å². The standard InChI is InChI=1S/C26H29N3O4/c1-33-20-4-2-3-18(11-20)25-9-10-28(15-17-5-6-17)16-26(25,30)13-22-21-12-19(29(31)32)7-8-23(21)27-24(22)14-25/h2-4,7-8,11-12,17,27,30H,5-6,9-10,13-16H2,1H3. The number of nitro groups is 1. The molecule has 0 amide bonds. The fourth-order valence-electron chi connectivity index (χ4n) is 6.27. The Morgan fingerprint density at radius 2 is 2.09 bits per heavy atom. The number of ether oxygens (including phenoxy) is 1. The van der Waals surface area contributed by atoms with Gasteiger partial charge in [-0.25, -0.2) is 0 Å². The van der Waals surface area contributed by atoms with Crippen molar-refractivity contribution in [3.8, 4) is 5.75 Å². The number of nitro benzene ring substituents is 1. The van der Waals surface area contributed by atoms with Crippen molar-refractivity contribution >= 4 is 16.6 Å². The lowest BCUT2D eigenvalue weighted by atomic mass is 9.56. The van der Waals surface area contributed by atoms with Gasteiger partial charge in [0.05, 0.1) is 17.6 Å². The summed E-state index contributed by atoms with van der Waals surface area (Å²) in [6, 6.07) is 13.1. The molecule has 2 N–H and O–H groups in total. The number of fused-ring (bicyclic) bond motifs is 4. The highest BCUT2D eigenvalue weighted by Crippen LogP contribution is 2.52. The lowest BCUT2D eigenvalue weighted by Crippen LogP contribution is -2.66. The Morgan fingerprint density at radius 1 is 1.24 bits per heavy atom. The molecule has 3 aliphatic rings. The quantitative estimate of drug-likeness (QED) is 0.456. The molecule has 2 aromatic carbocycles. The number of nitrogens with zero attached hydrogens (tertiary/aromatic N) is 2. The number of methoxy groups -OCH3 is 1. The van der Waals surface area contributed by atoms with Crippen molar-refractivity contribution in [3.63, 3.8) is 0 Å². The molecule has 0 radical (unpaired) electrons. The van der Waals surface area contributed by atoms with E-state index in [1.54, 1.807) is 25.3 Å². The van der Waals surface area contributed by atoms with E-state index in [0.717, 1.165) is 58.9 Å². The van der Waals surface area contributed by atoms with Gasteiger partial charge in [0.25, 0.3) is 5.69 Å². The molecule has 2 fully saturated rings. The summed E-state index contributed by atoms with van der Waals surface area (Å²) >= 11 is 0. The van der Waals surface area contributed by atoms with Gasteiger partial charge in [-0.2, -0.15) is 0 Å². The van der Waals surface area contributed by atoms with Crippen LogP contribution in [0, 0.1) is 16.0 Å². The van der Waals surface area contributed by atoms with Crippen LogP contribution in [0.4, 0.5) is 5.69 Å². The molecule has 2 aliphatic carbocycles. The topological polar surface area (TPSA) is 91.6 Å². The Labute approximate surface area is 192 Å². The van der Waals surface area contributed by atoms with Crippen LogP contribution in [0.25, 0.3) is 10.9 Å². The van der Waals surface area contributed by atoms with Crippen LogP contribution in [-0.4, -0.2) is 52.3 Å². The second-order valence-electron chi connectivity index (χ2n) is 10.2. The van der Waals surface area contributed by atoms with E-state index in [0.29, 0.717) is 19.4 Å². The summed E-state index contributed by atoms with van der Waals surface area (Å²) in [6.07, 6.45) is 4.57. The number of β-amino-alcohol motifs (C(OH)–C–C–N with tert-alkyl or cyclic N) is 1. The number of likely N-dealkylation sites (tertiary alicyclic amines) is 1. The molecule has 1 saturated heterocycles. The third-order valence-electron chi connectivity index (χ3n) is 8.20. The molecule has 172 valence electrons. The van der Waals surface area contributed by atoms with Crippen LogP contribution in [0.2, 0.25) is 0 Å². The first-order valence-electron chi connectivity index (χ1n) is 11.8. The second-order valence-corrected chi connectivity index (χ2v) is 10.2. The van der Waals surface area contributed by atoms with Crippen molar-refractivity contribution in [2.24, 2.45) is 5.92 Å². The average molecular weight is 448 g/mol. The maximum atomic E-state index is 12.4. The maximum Gasteiger partial charge on any atom is 0.270 e. The van der Waals surface area contributed by atoms with Crippen molar-refractivity contribution < 1.29 is 14.8 Å². The number of rotatable bonds is 5. The minimum absolute atomic E-state index is 0.0833. The number of nitrogens with one attached hydrogen (secondary N) is 1. The van der Waals surface area contributed by atoms with Gasteiger partial charge >= 0.3 is 0 Å². The number of hydrogen-bond donors (Lipinski definition) is 2. The first-order valence-corrected chi connectivity index (χ1v) is 11.8. The van der Waals surface area contributed by atoms with Gasteiger partial charge in [-0.3, -0.25) is 10.1 Å². The zero-order chi connectivity index (χ0) is 22.8. The van der Waals surface area contributed by atoms with Gasteiger partial charge < -0.3 is 19.7 Å². The van der Waals surface area contributed by atoms with E-state index in [-0.39, 0.29) is 10.6 Å². The minimum Gasteiger partial charge on any atom is -0.497 e. The number of benzene rings is 2. The molecule has 0 spiro atoms. The summed E-state index contributed by atoms with van der Waals surface area (Å²) < 4.78 is 5.53. The number of H-pyrrole nitrogens is 1. The lowest BCUT2D eigenvalue weighted by molar-refractivity contribution is -0.384. The molecule has 2 atom stereocenters. The van der Waals surface area contributed by atoms with Crippen LogP contribution < -0.4 is 4.74 Å². The summed E-state index contributed by atoms with van der Waals surface area (Å²) in [5.41, 5.74) is 2.76. The number of piperidine rings is 1. The molecule has 7 nitrogen and oxygen atoms in total. The Balaban J connectivity index is 1.49. The number of non-ortho nitro benzene ring substituents is 1. The fraction of sp³-hybridized carbons (Fsp3) is 0.462. The van der Waals surface area contributed by atoms with Gasteiger partial charge in [-0.05, 0) is 61.1 Å². The molecule has 1 aliphatic heterocycles. The van der Waals surface area contributed by atoms with Gasteiger partial charge in [0.2, 0.25) is 0 Å². The summed E-state index contributed by atoms with van der Waals surface area (Å²) in [5.74, 6) is 1.55. The van der Waals surface area contributed by atoms with Gasteiger partial charge in [-0.15, -0.1) is 0 Å². The number of hydrogen-bond acceptors (Lipinski definition) is 5. The van der Waals surface area contributed by atoms with Gasteiger partial charge in [-0.1, -0.05) is 12.1 Å². The smallest absolute Gasteiger partial charge is 0.270 e. The van der Waals surface area contributed by atoms with Crippen molar-refractivity contribution in [2.45, 2.75) is 43.1 Å². The lowest BCUT2D eigenvalue weighted by Gasteiger charge is -2.56. The molecule has 7 heteroatoms. The van der Waals surface area contributed by atoms with Crippen LogP contribution in [0.3, 0.4) is 0 Å². The highest BCUT2D eigenvalue weighted by Gasteiger charge is 2.58. The second kappa shape index (κ2) is 7.30. The highest BCUT2D eigenvalue weighted by atomic mass is 16.6. The maximum absolute atomic E-state index is 12.4. The summed E-state index contributed by atoms with van der Waals surface area (Å²) in [4.78, 5) is 17.0. The van der Waals surface area contributed by atoms with Crippen molar-refractivity contribution in [1.82, 2.24) is 9.88 Å². The Morgan fingerprint density at radius 3 is 2.85 bits per heavy atom. The minimum atomic E-state index is -0.973.